The Morgan fingerprint density at radius 3 is 1.05 bits per heavy atom. The molecular formula is C62H43N. The smallest absolute Gasteiger partial charge is 0.0467 e. The molecule has 0 spiro atoms. The molecule has 0 aliphatic carbocycles. The Bertz CT molecular complexity index is 3270. The van der Waals surface area contributed by atoms with Gasteiger partial charge in [0.1, 0.15) is 0 Å². The summed E-state index contributed by atoms with van der Waals surface area (Å²) in [6.07, 6.45) is 0. The topological polar surface area (TPSA) is 3.24 Å². The maximum atomic E-state index is 2.42. The molecule has 0 atom stereocenters. The Balaban J connectivity index is 1.12. The quantitative estimate of drug-likeness (QED) is 0.141. The molecule has 1 heteroatoms. The zero-order chi connectivity index (χ0) is 42.0. The fourth-order valence-corrected chi connectivity index (χ4v) is 9.35. The van der Waals surface area contributed by atoms with Gasteiger partial charge in [-0.25, -0.2) is 0 Å². The molecular weight excluding hydrogens is 759 g/mol. The largest absolute Gasteiger partial charge is 0.310 e. The van der Waals surface area contributed by atoms with E-state index in [9.17, 15) is 0 Å². The van der Waals surface area contributed by atoms with Crippen molar-refractivity contribution in [1.29, 1.82) is 0 Å². The number of anilines is 3. The van der Waals surface area contributed by atoms with Crippen LogP contribution in [0.4, 0.5) is 17.1 Å². The molecule has 0 radical (unpaired) electrons. The Morgan fingerprint density at radius 1 is 0.206 bits per heavy atom. The average Bonchev–Trinajstić information content (AvgIpc) is 3.36. The van der Waals surface area contributed by atoms with Gasteiger partial charge in [0.05, 0.1) is 0 Å². The van der Waals surface area contributed by atoms with Crippen molar-refractivity contribution in [3.8, 4) is 66.8 Å². The summed E-state index contributed by atoms with van der Waals surface area (Å²) in [4.78, 5) is 2.42. The van der Waals surface area contributed by atoms with Crippen LogP contribution in [0.2, 0.25) is 0 Å². The van der Waals surface area contributed by atoms with Crippen LogP contribution in [0.3, 0.4) is 0 Å². The fraction of sp³-hybridized carbons (Fsp3) is 0. The summed E-state index contributed by atoms with van der Waals surface area (Å²) in [7, 11) is 0. The Hall–Kier alpha value is -8.26. The normalized spacial score (nSPS) is 11.2. The highest BCUT2D eigenvalue weighted by Gasteiger charge is 2.20. The number of nitrogens with zero attached hydrogens (tertiary/aromatic N) is 1. The summed E-state index contributed by atoms with van der Waals surface area (Å²) in [5.41, 5.74) is 17.5. The third-order valence-electron chi connectivity index (χ3n) is 12.3. The van der Waals surface area contributed by atoms with E-state index < -0.39 is 0 Å². The Morgan fingerprint density at radius 2 is 0.524 bits per heavy atom. The van der Waals surface area contributed by atoms with Gasteiger partial charge in [-0.3, -0.25) is 0 Å². The van der Waals surface area contributed by atoms with Crippen molar-refractivity contribution < 1.29 is 0 Å². The van der Waals surface area contributed by atoms with E-state index in [0.29, 0.717) is 0 Å². The average molecular weight is 802 g/mol. The van der Waals surface area contributed by atoms with Crippen molar-refractivity contribution in [2.24, 2.45) is 0 Å². The number of hydrogen-bond donors (Lipinski definition) is 0. The van der Waals surface area contributed by atoms with Gasteiger partial charge in [-0.2, -0.15) is 0 Å². The minimum absolute atomic E-state index is 1.07. The first-order valence-corrected chi connectivity index (χ1v) is 21.7. The van der Waals surface area contributed by atoms with Crippen LogP contribution in [-0.4, -0.2) is 0 Å². The number of hydrogen-bond acceptors (Lipinski definition) is 1. The van der Waals surface area contributed by atoms with Crippen LogP contribution < -0.4 is 4.90 Å². The van der Waals surface area contributed by atoms with Gasteiger partial charge in [0.25, 0.3) is 0 Å². The second-order valence-electron chi connectivity index (χ2n) is 16.0. The van der Waals surface area contributed by atoms with Crippen molar-refractivity contribution in [3.05, 3.63) is 261 Å². The molecule has 0 saturated heterocycles. The molecule has 11 aromatic rings. The first kappa shape index (κ1) is 37.7. The van der Waals surface area contributed by atoms with E-state index >= 15 is 0 Å². The minimum atomic E-state index is 1.07. The van der Waals surface area contributed by atoms with Crippen LogP contribution in [0.25, 0.3) is 88.3 Å². The van der Waals surface area contributed by atoms with Crippen molar-refractivity contribution >= 4 is 38.6 Å². The fourth-order valence-electron chi connectivity index (χ4n) is 9.35. The summed E-state index contributed by atoms with van der Waals surface area (Å²) in [5.74, 6) is 0. The highest BCUT2D eigenvalue weighted by atomic mass is 15.1. The van der Waals surface area contributed by atoms with Gasteiger partial charge >= 0.3 is 0 Å². The van der Waals surface area contributed by atoms with Gasteiger partial charge in [-0.15, -0.1) is 0 Å². The number of benzene rings is 11. The van der Waals surface area contributed by atoms with Crippen LogP contribution in [0.1, 0.15) is 0 Å². The summed E-state index contributed by atoms with van der Waals surface area (Å²) >= 11 is 0. The Labute approximate surface area is 369 Å². The zero-order valence-electron chi connectivity index (χ0n) is 34.8. The molecule has 11 aromatic carbocycles. The van der Waals surface area contributed by atoms with Gasteiger partial charge < -0.3 is 4.90 Å². The van der Waals surface area contributed by atoms with Gasteiger partial charge in [0.2, 0.25) is 0 Å². The molecule has 63 heavy (non-hydrogen) atoms. The van der Waals surface area contributed by atoms with Crippen LogP contribution in [-0.2, 0) is 0 Å². The lowest BCUT2D eigenvalue weighted by Gasteiger charge is -2.27. The van der Waals surface area contributed by atoms with Crippen LogP contribution in [0, 0.1) is 0 Å². The van der Waals surface area contributed by atoms with Crippen molar-refractivity contribution in [2.45, 2.75) is 0 Å². The van der Waals surface area contributed by atoms with Gasteiger partial charge in [0.15, 0.2) is 0 Å². The highest BCUT2D eigenvalue weighted by Crippen LogP contribution is 2.46. The standard InChI is InChI=1S/C62H43N/c1-3-19-44(20-4-1)56-35-11-12-36-61(56)62-59(47-21-5-2-6-22-47)39-18-40-60(62)50-29-15-32-53(43-50)63(51-30-13-27-48(41-51)57-37-16-25-45-23-7-9-33-54(45)57)52-31-14-28-49(42-52)58-38-17-26-46-24-8-10-34-55(46)58/h1-43H. The van der Waals surface area contributed by atoms with Crippen LogP contribution in [0.5, 0.6) is 0 Å². The van der Waals surface area contributed by atoms with Crippen LogP contribution >= 0.6 is 0 Å². The first-order valence-electron chi connectivity index (χ1n) is 21.7. The van der Waals surface area contributed by atoms with E-state index in [0.717, 1.165) is 22.6 Å². The first-order chi connectivity index (χ1) is 31.3. The summed E-state index contributed by atoms with van der Waals surface area (Å²) in [5, 5.41) is 4.95. The molecule has 0 aromatic heterocycles. The Kier molecular flexibility index (Phi) is 9.97. The molecule has 0 saturated carbocycles. The summed E-state index contributed by atoms with van der Waals surface area (Å²) in [6.45, 7) is 0. The van der Waals surface area contributed by atoms with Gasteiger partial charge in [-0.05, 0) is 125 Å². The van der Waals surface area contributed by atoms with Gasteiger partial charge in [-0.1, -0.05) is 224 Å². The highest BCUT2D eigenvalue weighted by molar-refractivity contribution is 6.02. The van der Waals surface area contributed by atoms with E-state index in [1.807, 2.05) is 0 Å². The predicted octanol–water partition coefficient (Wildman–Crippen LogP) is 17.5. The van der Waals surface area contributed by atoms with Crippen molar-refractivity contribution in [3.63, 3.8) is 0 Å². The molecule has 11 rings (SSSR count). The molecule has 0 heterocycles. The van der Waals surface area contributed by atoms with Crippen molar-refractivity contribution in [2.75, 3.05) is 4.90 Å². The second-order valence-corrected chi connectivity index (χ2v) is 16.0. The molecule has 1 nitrogen and oxygen atoms in total. The molecule has 0 N–H and O–H groups in total. The molecule has 0 unspecified atom stereocenters. The third kappa shape index (κ3) is 7.26. The van der Waals surface area contributed by atoms with E-state index in [1.54, 1.807) is 0 Å². The maximum Gasteiger partial charge on any atom is 0.0467 e. The zero-order valence-corrected chi connectivity index (χ0v) is 34.8. The summed E-state index contributed by atoms with van der Waals surface area (Å²) in [6, 6.07) is 94.8. The maximum absolute atomic E-state index is 2.42. The molecule has 0 aliphatic heterocycles. The second kappa shape index (κ2) is 16.7. The van der Waals surface area contributed by atoms with Crippen LogP contribution in [0.15, 0.2) is 261 Å². The predicted molar refractivity (Wildman–Crippen MR) is 269 cm³/mol. The minimum Gasteiger partial charge on any atom is -0.310 e. The summed E-state index contributed by atoms with van der Waals surface area (Å²) < 4.78 is 0. The van der Waals surface area contributed by atoms with Gasteiger partial charge in [0, 0.05) is 17.1 Å². The molecule has 0 fully saturated rings. The van der Waals surface area contributed by atoms with E-state index in [-0.39, 0.29) is 0 Å². The number of rotatable bonds is 9. The van der Waals surface area contributed by atoms with E-state index in [4.69, 9.17) is 0 Å². The molecule has 296 valence electrons. The molecule has 0 bridgehead atoms. The SMILES string of the molecule is c1ccc(-c2ccccc2-c2c(-c3ccccc3)cccc2-c2cccc(N(c3cccc(-c4cccc5ccccc45)c3)c3cccc(-c4cccc5ccccc45)c3)c2)cc1. The van der Waals surface area contributed by atoms with E-state index in [2.05, 4.69) is 266 Å². The van der Waals surface area contributed by atoms with Crippen molar-refractivity contribution in [1.82, 2.24) is 0 Å². The third-order valence-corrected chi connectivity index (χ3v) is 12.3. The lowest BCUT2D eigenvalue weighted by atomic mass is 9.84. The lowest BCUT2D eigenvalue weighted by molar-refractivity contribution is 1.28. The monoisotopic (exact) mass is 801 g/mol. The molecule has 0 amide bonds. The van der Waals surface area contributed by atoms with E-state index in [1.165, 1.54) is 82.7 Å². The number of fused-ring (bicyclic) bond motifs is 2. The lowest BCUT2D eigenvalue weighted by Crippen LogP contribution is -2.10. The molecule has 0 aliphatic rings.